The molecule has 0 aliphatic heterocycles. The van der Waals surface area contributed by atoms with Crippen molar-refractivity contribution in [1.82, 2.24) is 0 Å². The van der Waals surface area contributed by atoms with Gasteiger partial charge < -0.3 is 0 Å². The van der Waals surface area contributed by atoms with Crippen molar-refractivity contribution >= 4 is 11.9 Å². The lowest BCUT2D eigenvalue weighted by molar-refractivity contribution is -0.115. The molecule has 0 heterocycles. The highest BCUT2D eigenvalue weighted by Crippen LogP contribution is 2.10. The van der Waals surface area contributed by atoms with Gasteiger partial charge in [0.1, 0.15) is 0 Å². The molecule has 0 bridgehead atoms. The van der Waals surface area contributed by atoms with Crippen molar-refractivity contribution in [2.75, 3.05) is 0 Å². The highest BCUT2D eigenvalue weighted by atomic mass is 16.1. The number of carbonyl (C=O) groups excluding carboxylic acids is 1. The Hall–Kier alpha value is -2.15. The quantitative estimate of drug-likeness (QED) is 0.723. The first kappa shape index (κ1) is 13.3. The zero-order valence-corrected chi connectivity index (χ0v) is 11.2. The van der Waals surface area contributed by atoms with E-state index < -0.39 is 0 Å². The number of hydrogen-bond acceptors (Lipinski definition) is 1. The molecule has 0 aliphatic carbocycles. The van der Waals surface area contributed by atoms with Gasteiger partial charge in [0, 0.05) is 6.42 Å². The van der Waals surface area contributed by atoms with Crippen molar-refractivity contribution in [3.8, 4) is 0 Å². The van der Waals surface area contributed by atoms with Gasteiger partial charge in [0.15, 0.2) is 5.78 Å². The monoisotopic (exact) mass is 250 g/mol. The van der Waals surface area contributed by atoms with E-state index in [2.05, 4.69) is 12.1 Å². The van der Waals surface area contributed by atoms with E-state index >= 15 is 0 Å². The van der Waals surface area contributed by atoms with Crippen molar-refractivity contribution in [3.05, 3.63) is 77.4 Å². The molecule has 0 spiro atoms. The third-order valence-corrected chi connectivity index (χ3v) is 3.11. The normalized spacial score (nSPS) is 11.3. The van der Waals surface area contributed by atoms with Crippen LogP contribution >= 0.6 is 0 Å². The Labute approximate surface area is 114 Å². The van der Waals surface area contributed by atoms with Gasteiger partial charge in [-0.3, -0.25) is 4.79 Å². The zero-order chi connectivity index (χ0) is 13.5. The van der Waals surface area contributed by atoms with Gasteiger partial charge in [0.05, 0.1) is 0 Å². The molecule has 19 heavy (non-hydrogen) atoms. The average molecular weight is 250 g/mol. The lowest BCUT2D eigenvalue weighted by atomic mass is 10.0. The minimum absolute atomic E-state index is 0.215. The smallest absolute Gasteiger partial charge is 0.158 e. The maximum Gasteiger partial charge on any atom is 0.158 e. The maximum absolute atomic E-state index is 12.1. The van der Waals surface area contributed by atoms with Gasteiger partial charge >= 0.3 is 0 Å². The van der Waals surface area contributed by atoms with E-state index in [0.29, 0.717) is 6.42 Å². The third-order valence-electron chi connectivity index (χ3n) is 3.11. The number of hydrogen-bond donors (Lipinski definition) is 0. The number of ketones is 1. The Bertz CT molecular complexity index is 553. The fourth-order valence-corrected chi connectivity index (χ4v) is 1.98. The first-order chi connectivity index (χ1) is 9.25. The molecule has 2 aromatic carbocycles. The summed E-state index contributed by atoms with van der Waals surface area (Å²) in [5.74, 6) is 0.215. The second-order valence-corrected chi connectivity index (χ2v) is 4.65. The predicted octanol–water partition coefficient (Wildman–Crippen LogP) is 4.29. The molecule has 2 aromatic rings. The lowest BCUT2D eigenvalue weighted by Gasteiger charge is -2.02. The topological polar surface area (TPSA) is 17.1 Å². The Morgan fingerprint density at radius 3 is 2.16 bits per heavy atom. The van der Waals surface area contributed by atoms with Crippen LogP contribution in [0.4, 0.5) is 0 Å². The highest BCUT2D eigenvalue weighted by Gasteiger charge is 2.05. The molecule has 0 unspecified atom stereocenters. The number of allylic oxidation sites excluding steroid dienone is 1. The Kier molecular flexibility index (Phi) is 4.68. The Morgan fingerprint density at radius 1 is 0.947 bits per heavy atom. The molecule has 0 N–H and O–H groups in total. The second kappa shape index (κ2) is 6.69. The number of benzene rings is 2. The fraction of sp³-hybridized carbons (Fsp3) is 0.167. The maximum atomic E-state index is 12.1. The summed E-state index contributed by atoms with van der Waals surface area (Å²) in [7, 11) is 0. The van der Waals surface area contributed by atoms with Crippen LogP contribution in [0.25, 0.3) is 6.08 Å². The fourth-order valence-electron chi connectivity index (χ4n) is 1.98. The largest absolute Gasteiger partial charge is 0.295 e. The van der Waals surface area contributed by atoms with Crippen LogP contribution in [0.5, 0.6) is 0 Å². The van der Waals surface area contributed by atoms with Gasteiger partial charge in [0.25, 0.3) is 0 Å². The summed E-state index contributed by atoms with van der Waals surface area (Å²) in [4.78, 5) is 12.1. The summed E-state index contributed by atoms with van der Waals surface area (Å²) in [6.07, 6.45) is 3.33. The molecule has 1 heteroatoms. The molecular formula is C18H18O. The van der Waals surface area contributed by atoms with Gasteiger partial charge in [-0.1, -0.05) is 60.7 Å². The van der Waals surface area contributed by atoms with Gasteiger partial charge in [0.2, 0.25) is 0 Å². The van der Waals surface area contributed by atoms with E-state index in [9.17, 15) is 4.79 Å². The van der Waals surface area contributed by atoms with E-state index in [1.54, 1.807) is 0 Å². The molecule has 0 saturated heterocycles. The molecule has 0 amide bonds. The molecule has 2 rings (SSSR count). The summed E-state index contributed by atoms with van der Waals surface area (Å²) in [5.41, 5.74) is 3.11. The van der Waals surface area contributed by atoms with Crippen molar-refractivity contribution in [3.63, 3.8) is 0 Å². The number of rotatable bonds is 5. The number of Topliss-reactive ketones (excluding diaryl/α,β-unsaturated/α-hetero) is 1. The van der Waals surface area contributed by atoms with Gasteiger partial charge in [-0.05, 0) is 36.1 Å². The Balaban J connectivity index is 1.95. The summed E-state index contributed by atoms with van der Waals surface area (Å²) >= 11 is 0. The molecule has 1 nitrogen and oxygen atoms in total. The van der Waals surface area contributed by atoms with Crippen molar-refractivity contribution < 1.29 is 4.79 Å². The van der Waals surface area contributed by atoms with Crippen LogP contribution in [0.1, 0.15) is 24.5 Å². The lowest BCUT2D eigenvalue weighted by Crippen LogP contribution is -2.01. The van der Waals surface area contributed by atoms with E-state index in [0.717, 1.165) is 17.6 Å². The van der Waals surface area contributed by atoms with E-state index in [-0.39, 0.29) is 5.78 Å². The van der Waals surface area contributed by atoms with Crippen LogP contribution in [0.3, 0.4) is 0 Å². The molecule has 96 valence electrons. The molecule has 0 aliphatic rings. The molecule has 0 fully saturated rings. The van der Waals surface area contributed by atoms with Gasteiger partial charge in [-0.25, -0.2) is 0 Å². The summed E-state index contributed by atoms with van der Waals surface area (Å²) in [5, 5.41) is 0. The standard InChI is InChI=1S/C18H18O/c1-15(14-17-10-6-3-7-11-17)18(19)13-12-16-8-4-2-5-9-16/h2-11,14H,12-13H2,1H3/b15-14+. The first-order valence-electron chi connectivity index (χ1n) is 6.56. The van der Waals surface area contributed by atoms with Crippen molar-refractivity contribution in [1.29, 1.82) is 0 Å². The van der Waals surface area contributed by atoms with E-state index in [4.69, 9.17) is 0 Å². The minimum Gasteiger partial charge on any atom is -0.295 e. The molecule has 0 atom stereocenters. The molecular weight excluding hydrogens is 232 g/mol. The van der Waals surface area contributed by atoms with Crippen LogP contribution in [0, 0.1) is 0 Å². The SMILES string of the molecule is C/C(=C\c1ccccc1)C(=O)CCc1ccccc1. The minimum atomic E-state index is 0.215. The van der Waals surface area contributed by atoms with Crippen molar-refractivity contribution in [2.24, 2.45) is 0 Å². The Morgan fingerprint density at radius 2 is 1.53 bits per heavy atom. The number of aryl methyl sites for hydroxylation is 1. The van der Waals surface area contributed by atoms with Gasteiger partial charge in [-0.2, -0.15) is 0 Å². The molecule has 0 saturated carbocycles. The summed E-state index contributed by atoms with van der Waals surface area (Å²) in [6.45, 7) is 1.89. The highest BCUT2D eigenvalue weighted by molar-refractivity contribution is 5.98. The van der Waals surface area contributed by atoms with Crippen LogP contribution in [-0.2, 0) is 11.2 Å². The van der Waals surface area contributed by atoms with Crippen LogP contribution in [0.2, 0.25) is 0 Å². The number of carbonyl (C=O) groups is 1. The van der Waals surface area contributed by atoms with Crippen molar-refractivity contribution in [2.45, 2.75) is 19.8 Å². The molecule has 0 aromatic heterocycles. The molecule has 0 radical (unpaired) electrons. The van der Waals surface area contributed by atoms with Crippen LogP contribution in [-0.4, -0.2) is 5.78 Å². The van der Waals surface area contributed by atoms with Crippen LogP contribution < -0.4 is 0 Å². The first-order valence-corrected chi connectivity index (χ1v) is 6.56. The zero-order valence-electron chi connectivity index (χ0n) is 11.2. The van der Waals surface area contributed by atoms with Gasteiger partial charge in [-0.15, -0.1) is 0 Å². The average Bonchev–Trinajstić information content (AvgIpc) is 2.47. The summed E-state index contributed by atoms with van der Waals surface area (Å²) in [6, 6.07) is 20.1. The third kappa shape index (κ3) is 4.22. The second-order valence-electron chi connectivity index (χ2n) is 4.65. The predicted molar refractivity (Wildman–Crippen MR) is 79.9 cm³/mol. The van der Waals surface area contributed by atoms with E-state index in [1.165, 1.54) is 5.56 Å². The summed E-state index contributed by atoms with van der Waals surface area (Å²) < 4.78 is 0. The van der Waals surface area contributed by atoms with Crippen LogP contribution in [0.15, 0.2) is 66.2 Å². The van der Waals surface area contributed by atoms with E-state index in [1.807, 2.05) is 61.5 Å².